The molecule has 2 saturated carbocycles. The quantitative estimate of drug-likeness (QED) is 0.318. The van der Waals surface area contributed by atoms with Crippen LogP contribution in [0, 0.1) is 12.8 Å². The molecule has 5 rings (SSSR count). The summed E-state index contributed by atoms with van der Waals surface area (Å²) in [5.74, 6) is -0.781. The van der Waals surface area contributed by atoms with Crippen LogP contribution in [0.4, 0.5) is 0 Å². The molecule has 186 valence electrons. The molecular weight excluding hydrogens is 480 g/mol. The molecular formula is C27H32N2O4S2. The van der Waals surface area contributed by atoms with Crippen LogP contribution in [0.15, 0.2) is 34.7 Å². The molecule has 0 aromatic heterocycles. The van der Waals surface area contributed by atoms with Gasteiger partial charge in [-0.2, -0.15) is 0 Å². The lowest BCUT2D eigenvalue weighted by molar-refractivity contribution is -0.152. The van der Waals surface area contributed by atoms with E-state index in [2.05, 4.69) is 24.3 Å². The molecule has 35 heavy (non-hydrogen) atoms. The largest absolute Gasteiger partial charge is 0.461 e. The van der Waals surface area contributed by atoms with Crippen LogP contribution >= 0.6 is 24.0 Å². The van der Waals surface area contributed by atoms with Gasteiger partial charge in [-0.25, -0.2) is 0 Å². The summed E-state index contributed by atoms with van der Waals surface area (Å²) in [6.45, 7) is 2.40. The SMILES string of the molecule is Cc1ccc(CN2C(=O)/C(=C3\SC(=S)N(CC(=O)OC4CCCCC4)C3=O)C3CCCCC32)cc1. The Morgan fingerprint density at radius 1 is 1.00 bits per heavy atom. The summed E-state index contributed by atoms with van der Waals surface area (Å²) < 4.78 is 5.95. The van der Waals surface area contributed by atoms with Crippen molar-refractivity contribution >= 4 is 46.1 Å². The lowest BCUT2D eigenvalue weighted by Gasteiger charge is -2.31. The zero-order valence-corrected chi connectivity index (χ0v) is 21.8. The first kappa shape index (κ1) is 24.5. The third-order valence-electron chi connectivity index (χ3n) is 7.70. The number of amides is 2. The maximum atomic E-state index is 13.7. The van der Waals surface area contributed by atoms with Crippen molar-refractivity contribution < 1.29 is 19.1 Å². The van der Waals surface area contributed by atoms with Gasteiger partial charge in [0.1, 0.15) is 17.0 Å². The first-order valence-corrected chi connectivity index (χ1v) is 14.0. The number of likely N-dealkylation sites (tertiary alicyclic amines) is 1. The van der Waals surface area contributed by atoms with Crippen molar-refractivity contribution in [3.05, 3.63) is 45.9 Å². The maximum Gasteiger partial charge on any atom is 0.326 e. The van der Waals surface area contributed by atoms with Gasteiger partial charge in [-0.15, -0.1) is 0 Å². The fraction of sp³-hybridized carbons (Fsp3) is 0.556. The van der Waals surface area contributed by atoms with Crippen LogP contribution in [0.3, 0.4) is 0 Å². The third-order valence-corrected chi connectivity index (χ3v) is 9.16. The highest BCUT2D eigenvalue weighted by Crippen LogP contribution is 2.46. The van der Waals surface area contributed by atoms with Gasteiger partial charge in [0.2, 0.25) is 0 Å². The highest BCUT2D eigenvalue weighted by Gasteiger charge is 2.49. The average Bonchev–Trinajstić information content (AvgIpc) is 3.28. The van der Waals surface area contributed by atoms with E-state index in [1.807, 2.05) is 11.8 Å². The Hall–Kier alpha value is -2.19. The lowest BCUT2D eigenvalue weighted by atomic mass is 9.82. The summed E-state index contributed by atoms with van der Waals surface area (Å²) in [7, 11) is 0. The van der Waals surface area contributed by atoms with Crippen molar-refractivity contribution in [2.75, 3.05) is 6.54 Å². The smallest absolute Gasteiger partial charge is 0.326 e. The summed E-state index contributed by atoms with van der Waals surface area (Å²) in [6, 6.07) is 8.36. The molecule has 2 amide bonds. The van der Waals surface area contributed by atoms with Gasteiger partial charge in [0.05, 0.1) is 4.91 Å². The Morgan fingerprint density at radius 2 is 1.69 bits per heavy atom. The number of fused-ring (bicyclic) bond motifs is 1. The average molecular weight is 513 g/mol. The van der Waals surface area contributed by atoms with Gasteiger partial charge in [-0.3, -0.25) is 19.3 Å². The van der Waals surface area contributed by atoms with Gasteiger partial charge in [0, 0.05) is 24.1 Å². The Balaban J connectivity index is 1.35. The molecule has 2 aliphatic heterocycles. The second-order valence-electron chi connectivity index (χ2n) is 10.1. The number of carbonyl (C=O) groups is 3. The summed E-state index contributed by atoms with van der Waals surface area (Å²) in [4.78, 5) is 43.4. The number of hydrogen-bond acceptors (Lipinski definition) is 6. The second-order valence-corrected chi connectivity index (χ2v) is 11.8. The van der Waals surface area contributed by atoms with E-state index >= 15 is 0 Å². The van der Waals surface area contributed by atoms with E-state index in [4.69, 9.17) is 17.0 Å². The van der Waals surface area contributed by atoms with Gasteiger partial charge < -0.3 is 9.64 Å². The number of thioether (sulfide) groups is 1. The number of carbonyl (C=O) groups excluding carboxylic acids is 3. The van der Waals surface area contributed by atoms with E-state index in [0.717, 1.165) is 56.9 Å². The minimum Gasteiger partial charge on any atom is -0.461 e. The van der Waals surface area contributed by atoms with E-state index in [0.29, 0.717) is 21.3 Å². The molecule has 0 radical (unpaired) electrons. The van der Waals surface area contributed by atoms with Gasteiger partial charge >= 0.3 is 5.97 Å². The topological polar surface area (TPSA) is 66.9 Å². The third kappa shape index (κ3) is 5.05. The van der Waals surface area contributed by atoms with E-state index < -0.39 is 5.97 Å². The number of nitrogens with zero attached hydrogens (tertiary/aromatic N) is 2. The van der Waals surface area contributed by atoms with Crippen molar-refractivity contribution in [3.8, 4) is 0 Å². The van der Waals surface area contributed by atoms with Crippen LogP contribution in [-0.4, -0.2) is 50.6 Å². The molecule has 4 aliphatic rings. The molecule has 2 aliphatic carbocycles. The summed E-state index contributed by atoms with van der Waals surface area (Å²) in [5.41, 5.74) is 2.87. The molecule has 0 spiro atoms. The van der Waals surface area contributed by atoms with E-state index in [1.54, 1.807) is 0 Å². The number of thiocarbonyl (C=S) groups is 1. The highest BCUT2D eigenvalue weighted by atomic mass is 32.2. The fourth-order valence-electron chi connectivity index (χ4n) is 5.86. The van der Waals surface area contributed by atoms with E-state index in [1.165, 1.54) is 28.6 Å². The molecule has 4 fully saturated rings. The minimum atomic E-state index is -0.422. The minimum absolute atomic E-state index is 0.0325. The van der Waals surface area contributed by atoms with E-state index in [9.17, 15) is 14.4 Å². The maximum absolute atomic E-state index is 13.7. The van der Waals surface area contributed by atoms with Crippen LogP contribution in [0.2, 0.25) is 0 Å². The van der Waals surface area contributed by atoms with Crippen molar-refractivity contribution in [1.29, 1.82) is 0 Å². The monoisotopic (exact) mass is 512 g/mol. The van der Waals surface area contributed by atoms with Crippen LogP contribution in [0.25, 0.3) is 0 Å². The standard InChI is InChI=1S/C27H32N2O4S2/c1-17-11-13-18(14-12-17)15-28-21-10-6-5-9-20(21)23(25(28)31)24-26(32)29(27(34)35-24)16-22(30)33-19-7-3-2-4-8-19/h11-14,19-21H,2-10,15-16H2,1H3/b24-23-. The van der Waals surface area contributed by atoms with Gasteiger partial charge in [0.25, 0.3) is 11.8 Å². The Labute approximate surface area is 216 Å². The molecule has 1 aromatic carbocycles. The van der Waals surface area contributed by atoms with Crippen molar-refractivity contribution in [2.45, 2.75) is 83.4 Å². The first-order chi connectivity index (χ1) is 16.9. The number of hydrogen-bond donors (Lipinski definition) is 0. The number of rotatable bonds is 5. The zero-order chi connectivity index (χ0) is 24.5. The first-order valence-electron chi connectivity index (χ1n) is 12.8. The summed E-state index contributed by atoms with van der Waals surface area (Å²) in [5, 5.41) is 0. The summed E-state index contributed by atoms with van der Waals surface area (Å²) in [6.07, 6.45) is 8.96. The van der Waals surface area contributed by atoms with Gasteiger partial charge in [0.15, 0.2) is 0 Å². The summed E-state index contributed by atoms with van der Waals surface area (Å²) >= 11 is 6.66. The number of benzene rings is 1. The molecule has 2 unspecified atom stereocenters. The van der Waals surface area contributed by atoms with Crippen molar-refractivity contribution in [2.24, 2.45) is 5.92 Å². The number of esters is 1. The second kappa shape index (κ2) is 10.4. The molecule has 6 nitrogen and oxygen atoms in total. The predicted molar refractivity (Wildman–Crippen MR) is 139 cm³/mol. The van der Waals surface area contributed by atoms with Crippen LogP contribution < -0.4 is 0 Å². The van der Waals surface area contributed by atoms with Gasteiger partial charge in [-0.05, 0) is 51.0 Å². The van der Waals surface area contributed by atoms with Crippen molar-refractivity contribution in [3.63, 3.8) is 0 Å². The molecule has 0 bridgehead atoms. The number of ether oxygens (including phenoxy) is 1. The van der Waals surface area contributed by atoms with Gasteiger partial charge in [-0.1, -0.05) is 73.1 Å². The van der Waals surface area contributed by atoms with Crippen molar-refractivity contribution in [1.82, 2.24) is 9.80 Å². The van der Waals surface area contributed by atoms with Crippen LogP contribution in [0.5, 0.6) is 0 Å². The normalized spacial score (nSPS) is 27.5. The highest BCUT2D eigenvalue weighted by molar-refractivity contribution is 8.26. The fourth-order valence-corrected chi connectivity index (χ4v) is 7.24. The predicted octanol–water partition coefficient (Wildman–Crippen LogP) is 4.89. The molecule has 2 heterocycles. The molecule has 2 atom stereocenters. The Bertz CT molecular complexity index is 1060. The number of aryl methyl sites for hydroxylation is 1. The van der Waals surface area contributed by atoms with Crippen LogP contribution in [-0.2, 0) is 25.7 Å². The Morgan fingerprint density at radius 3 is 2.43 bits per heavy atom. The van der Waals surface area contributed by atoms with Crippen LogP contribution in [0.1, 0.15) is 68.9 Å². The molecule has 2 saturated heterocycles. The molecule has 8 heteroatoms. The molecule has 0 N–H and O–H groups in total. The van der Waals surface area contributed by atoms with E-state index in [-0.39, 0.29) is 36.4 Å². The zero-order valence-electron chi connectivity index (χ0n) is 20.2. The Kier molecular flexibility index (Phi) is 7.30. The lowest BCUT2D eigenvalue weighted by Crippen LogP contribution is -2.36. The molecule has 1 aromatic rings.